The molecule has 4 aliphatic carbocycles. The van der Waals surface area contributed by atoms with Crippen LogP contribution in [0.25, 0.3) is 0 Å². The van der Waals surface area contributed by atoms with Gasteiger partial charge in [0.25, 0.3) is 0 Å². The van der Waals surface area contributed by atoms with E-state index in [4.69, 9.17) is 4.43 Å². The van der Waals surface area contributed by atoms with Crippen molar-refractivity contribution in [3.8, 4) is 0 Å². The summed E-state index contributed by atoms with van der Waals surface area (Å²) in [6, 6.07) is 0. The van der Waals surface area contributed by atoms with Crippen molar-refractivity contribution in [3.63, 3.8) is 0 Å². The summed E-state index contributed by atoms with van der Waals surface area (Å²) in [4.78, 5) is 0. The lowest BCUT2D eigenvalue weighted by Gasteiger charge is -2.64. The Bertz CT molecular complexity index is 628. The molecule has 4 saturated carbocycles. The molecular weight excluding hydrogens is 376 g/mol. The van der Waals surface area contributed by atoms with E-state index >= 15 is 0 Å². The van der Waals surface area contributed by atoms with Crippen LogP contribution >= 0.6 is 0 Å². The van der Waals surface area contributed by atoms with E-state index in [2.05, 4.69) is 47.7 Å². The predicted molar refractivity (Wildman–Crippen MR) is 121 cm³/mol. The Labute approximate surface area is 180 Å². The summed E-state index contributed by atoms with van der Waals surface area (Å²) in [6.07, 6.45) is 8.80. The van der Waals surface area contributed by atoms with Gasteiger partial charge in [0, 0.05) is 5.41 Å². The standard InChI is InChI=1S/C25H46O3Si/c1-23(2,3)29(6,7)28-22-10-8-9-19-20(26)15-16-17-11-12-21(27)24(17,4)14-13-18(16)25(19,22)5/h16-22,26-27H,8-15H2,1-7H3/t16-,17-,18-,19+,20-,21-,22?,24-,25+/m0/s1. The fourth-order valence-electron chi connectivity index (χ4n) is 8.03. The molecule has 0 aromatic carbocycles. The molecular formula is C25H46O3Si. The van der Waals surface area contributed by atoms with Gasteiger partial charge >= 0.3 is 0 Å². The lowest BCUT2D eigenvalue weighted by molar-refractivity contribution is -0.197. The van der Waals surface area contributed by atoms with Gasteiger partial charge in [-0.3, -0.25) is 0 Å². The Kier molecular flexibility index (Phi) is 5.42. The van der Waals surface area contributed by atoms with Crippen LogP contribution in [0.2, 0.25) is 18.1 Å². The van der Waals surface area contributed by atoms with Crippen molar-refractivity contribution in [2.45, 2.75) is 122 Å². The molecule has 0 spiro atoms. The second kappa shape index (κ2) is 7.05. The van der Waals surface area contributed by atoms with Gasteiger partial charge in [-0.1, -0.05) is 41.0 Å². The first-order valence-electron chi connectivity index (χ1n) is 12.4. The highest BCUT2D eigenvalue weighted by Crippen LogP contribution is 2.67. The quantitative estimate of drug-likeness (QED) is 0.557. The van der Waals surface area contributed by atoms with Gasteiger partial charge in [0.15, 0.2) is 8.32 Å². The Hall–Kier alpha value is 0.0969. The Morgan fingerprint density at radius 3 is 2.24 bits per heavy atom. The van der Waals surface area contributed by atoms with Crippen molar-refractivity contribution in [3.05, 3.63) is 0 Å². The molecule has 0 aromatic rings. The van der Waals surface area contributed by atoms with E-state index in [1.165, 1.54) is 12.8 Å². The highest BCUT2D eigenvalue weighted by Gasteiger charge is 2.64. The van der Waals surface area contributed by atoms with Crippen LogP contribution in [0.4, 0.5) is 0 Å². The molecule has 0 aromatic heterocycles. The number of hydrogen-bond donors (Lipinski definition) is 2. The molecule has 0 bridgehead atoms. The summed E-state index contributed by atoms with van der Waals surface area (Å²) in [7, 11) is -1.87. The summed E-state index contributed by atoms with van der Waals surface area (Å²) in [5.74, 6) is 2.13. The molecule has 4 fully saturated rings. The zero-order chi connectivity index (χ0) is 21.4. The molecule has 3 nitrogen and oxygen atoms in total. The Morgan fingerprint density at radius 2 is 1.59 bits per heavy atom. The third kappa shape index (κ3) is 3.22. The van der Waals surface area contributed by atoms with Crippen LogP contribution in [0.3, 0.4) is 0 Å². The number of hydrogen-bond acceptors (Lipinski definition) is 3. The van der Waals surface area contributed by atoms with Crippen molar-refractivity contribution < 1.29 is 14.6 Å². The molecule has 0 aliphatic heterocycles. The molecule has 0 amide bonds. The first-order valence-corrected chi connectivity index (χ1v) is 15.3. The van der Waals surface area contributed by atoms with Crippen LogP contribution in [-0.4, -0.2) is 36.8 Å². The van der Waals surface area contributed by atoms with Crippen LogP contribution in [0.15, 0.2) is 0 Å². The number of fused-ring (bicyclic) bond motifs is 5. The van der Waals surface area contributed by atoms with E-state index in [0.29, 0.717) is 23.7 Å². The lowest BCUT2D eigenvalue weighted by Crippen LogP contribution is -2.63. The van der Waals surface area contributed by atoms with Crippen molar-refractivity contribution in [1.29, 1.82) is 0 Å². The van der Waals surface area contributed by atoms with E-state index in [9.17, 15) is 10.2 Å². The van der Waals surface area contributed by atoms with Gasteiger partial charge in [-0.05, 0) is 92.2 Å². The largest absolute Gasteiger partial charge is 0.413 e. The van der Waals surface area contributed by atoms with Crippen molar-refractivity contribution in [1.82, 2.24) is 0 Å². The lowest BCUT2D eigenvalue weighted by atomic mass is 9.44. The minimum atomic E-state index is -1.87. The fourth-order valence-corrected chi connectivity index (χ4v) is 9.46. The number of aliphatic hydroxyl groups is 2. The SMILES string of the molecule is CC(C)(C)[Si](C)(C)OC1CCC[C@@H]2[C@@H](O)C[C@H]3[C@@H]4CC[C@H](O)[C@@]4(C)CC[C@@H]3[C@@]12C. The predicted octanol–water partition coefficient (Wildman–Crippen LogP) is 5.75. The molecule has 1 unspecified atom stereocenters. The summed E-state index contributed by atoms with van der Waals surface area (Å²) in [5, 5.41) is 22.3. The number of aliphatic hydroxyl groups excluding tert-OH is 2. The summed E-state index contributed by atoms with van der Waals surface area (Å²) < 4.78 is 7.15. The third-order valence-electron chi connectivity index (χ3n) is 10.9. The van der Waals surface area contributed by atoms with Crippen LogP contribution in [-0.2, 0) is 4.43 Å². The fraction of sp³-hybridized carbons (Fsp3) is 1.00. The van der Waals surface area contributed by atoms with Gasteiger partial charge in [0.1, 0.15) is 0 Å². The van der Waals surface area contributed by atoms with Crippen LogP contribution in [0, 0.1) is 34.5 Å². The minimum Gasteiger partial charge on any atom is -0.413 e. The Balaban J connectivity index is 1.68. The second-order valence-electron chi connectivity index (χ2n) is 13.1. The summed E-state index contributed by atoms with van der Waals surface area (Å²) >= 11 is 0. The smallest absolute Gasteiger partial charge is 0.192 e. The maximum absolute atomic E-state index is 11.3. The van der Waals surface area contributed by atoms with Gasteiger partial charge in [0.05, 0.1) is 18.3 Å². The van der Waals surface area contributed by atoms with Gasteiger partial charge in [-0.2, -0.15) is 0 Å². The molecule has 0 heterocycles. The molecule has 0 saturated heterocycles. The van der Waals surface area contributed by atoms with Crippen molar-refractivity contribution >= 4 is 8.32 Å². The van der Waals surface area contributed by atoms with E-state index in [-0.39, 0.29) is 34.2 Å². The highest BCUT2D eigenvalue weighted by atomic mass is 28.4. The Morgan fingerprint density at radius 1 is 0.897 bits per heavy atom. The average molecular weight is 423 g/mol. The molecule has 4 aliphatic rings. The first kappa shape index (κ1) is 22.3. The maximum atomic E-state index is 11.3. The highest BCUT2D eigenvalue weighted by molar-refractivity contribution is 6.74. The van der Waals surface area contributed by atoms with Crippen LogP contribution < -0.4 is 0 Å². The normalized spacial score (nSPS) is 50.6. The van der Waals surface area contributed by atoms with Crippen molar-refractivity contribution in [2.75, 3.05) is 0 Å². The second-order valence-corrected chi connectivity index (χ2v) is 17.8. The molecule has 4 rings (SSSR count). The zero-order valence-electron chi connectivity index (χ0n) is 20.0. The van der Waals surface area contributed by atoms with Gasteiger partial charge < -0.3 is 14.6 Å². The molecule has 4 heteroatoms. The molecule has 29 heavy (non-hydrogen) atoms. The molecule has 168 valence electrons. The van der Waals surface area contributed by atoms with Crippen molar-refractivity contribution in [2.24, 2.45) is 34.5 Å². The van der Waals surface area contributed by atoms with E-state index in [1.807, 2.05) is 0 Å². The molecule has 2 N–H and O–H groups in total. The molecule has 9 atom stereocenters. The third-order valence-corrected chi connectivity index (χ3v) is 15.4. The maximum Gasteiger partial charge on any atom is 0.192 e. The number of rotatable bonds is 2. The summed E-state index contributed by atoms with van der Waals surface area (Å²) in [5.41, 5.74) is 0.138. The zero-order valence-corrected chi connectivity index (χ0v) is 21.0. The average Bonchev–Trinajstić information content (AvgIpc) is 2.91. The van der Waals surface area contributed by atoms with E-state index < -0.39 is 8.32 Å². The summed E-state index contributed by atoms with van der Waals surface area (Å²) in [6.45, 7) is 16.6. The first-order chi connectivity index (χ1) is 13.3. The van der Waals surface area contributed by atoms with Crippen LogP contribution in [0.1, 0.15) is 86.0 Å². The van der Waals surface area contributed by atoms with Crippen LogP contribution in [0.5, 0.6) is 0 Å². The van der Waals surface area contributed by atoms with Gasteiger partial charge in [-0.15, -0.1) is 0 Å². The van der Waals surface area contributed by atoms with Gasteiger partial charge in [0.2, 0.25) is 0 Å². The van der Waals surface area contributed by atoms with Gasteiger partial charge in [-0.25, -0.2) is 0 Å². The van der Waals surface area contributed by atoms with E-state index in [0.717, 1.165) is 38.5 Å². The topological polar surface area (TPSA) is 49.7 Å². The molecule has 0 radical (unpaired) electrons. The minimum absolute atomic E-state index is 0.0640. The monoisotopic (exact) mass is 422 g/mol. The van der Waals surface area contributed by atoms with E-state index in [1.54, 1.807) is 0 Å².